The van der Waals surface area contributed by atoms with Crippen LogP contribution in [-0.2, 0) is 5.66 Å². The third-order valence-corrected chi connectivity index (χ3v) is 7.05. The zero-order valence-electron chi connectivity index (χ0n) is 17.1. The number of rotatable bonds is 0. The van der Waals surface area contributed by atoms with E-state index in [0.29, 0.717) is 5.71 Å². The highest BCUT2D eigenvalue weighted by Crippen LogP contribution is 2.49. The second-order valence-corrected chi connectivity index (χ2v) is 8.45. The van der Waals surface area contributed by atoms with Crippen molar-refractivity contribution in [3.8, 4) is 22.5 Å². The summed E-state index contributed by atoms with van der Waals surface area (Å²) in [5.41, 5.74) is 8.33. The van der Waals surface area contributed by atoms with Crippen molar-refractivity contribution in [3.63, 3.8) is 0 Å². The zero-order chi connectivity index (χ0) is 20.9. The summed E-state index contributed by atoms with van der Waals surface area (Å²) in [4.78, 5) is 4.48. The lowest BCUT2D eigenvalue weighted by Crippen LogP contribution is -2.71. The molecule has 4 aromatic heterocycles. The Morgan fingerprint density at radius 1 is 0.656 bits per heavy atom. The monoisotopic (exact) mass is 411 g/mol. The molecule has 6 heterocycles. The summed E-state index contributed by atoms with van der Waals surface area (Å²) in [5, 5.41) is 2.15. The largest absolute Gasteiger partial charge is 0.437 e. The molecule has 6 aromatic rings. The van der Waals surface area contributed by atoms with Crippen molar-refractivity contribution in [2.24, 2.45) is 0 Å². The number of nitrogens with zero attached hydrogens (tertiary/aromatic N) is 3. The maximum absolute atomic E-state index is 6.40. The Labute approximate surface area is 183 Å². The van der Waals surface area contributed by atoms with Crippen molar-refractivity contribution in [2.45, 2.75) is 5.66 Å². The average Bonchev–Trinajstić information content (AvgIpc) is 3.48. The first kappa shape index (κ1) is 16.4. The summed E-state index contributed by atoms with van der Waals surface area (Å²) in [7, 11) is 0. The van der Waals surface area contributed by atoms with Crippen molar-refractivity contribution in [2.75, 3.05) is 0 Å². The van der Waals surface area contributed by atoms with Crippen LogP contribution in [0.1, 0.15) is 11.1 Å². The van der Waals surface area contributed by atoms with Crippen LogP contribution in [0.2, 0.25) is 0 Å². The average molecular weight is 411 g/mol. The van der Waals surface area contributed by atoms with Gasteiger partial charge in [-0.15, -0.1) is 9.13 Å². The highest BCUT2D eigenvalue weighted by atomic mass is 16.3. The normalized spacial score (nSPS) is 17.5. The van der Waals surface area contributed by atoms with E-state index < -0.39 is 5.66 Å². The minimum atomic E-state index is -0.500. The van der Waals surface area contributed by atoms with Gasteiger partial charge >= 0.3 is 5.66 Å². The summed E-state index contributed by atoms with van der Waals surface area (Å²) in [5.74, 6) is 0. The van der Waals surface area contributed by atoms with Gasteiger partial charge in [0.2, 0.25) is 17.1 Å². The van der Waals surface area contributed by atoms with E-state index in [1.165, 1.54) is 22.4 Å². The molecule has 0 amide bonds. The first-order chi connectivity index (χ1) is 15.9. The predicted octanol–water partition coefficient (Wildman–Crippen LogP) is 4.81. The lowest BCUT2D eigenvalue weighted by Gasteiger charge is -2.16. The highest BCUT2D eigenvalue weighted by molar-refractivity contribution is 6.09. The van der Waals surface area contributed by atoms with Crippen LogP contribution in [0.3, 0.4) is 0 Å². The number of furan rings is 1. The van der Waals surface area contributed by atoms with Gasteiger partial charge < -0.3 is 4.42 Å². The Hall–Kier alpha value is -4.31. The molecular formula is C28H17N3O+2. The molecule has 2 aromatic carbocycles. The van der Waals surface area contributed by atoms with Crippen LogP contribution < -0.4 is 9.13 Å². The van der Waals surface area contributed by atoms with E-state index in [1.807, 2.05) is 6.07 Å². The Balaban J connectivity index is 1.62. The van der Waals surface area contributed by atoms with Crippen molar-refractivity contribution >= 4 is 22.1 Å². The Bertz CT molecular complexity index is 1700. The molecule has 148 valence electrons. The van der Waals surface area contributed by atoms with Gasteiger partial charge in [-0.3, -0.25) is 0 Å². The second-order valence-electron chi connectivity index (χ2n) is 8.45. The van der Waals surface area contributed by atoms with Crippen LogP contribution in [0.4, 0.5) is 0 Å². The van der Waals surface area contributed by atoms with E-state index in [0.717, 1.165) is 27.6 Å². The molecular weight excluding hydrogens is 394 g/mol. The molecule has 1 atom stereocenters. The Kier molecular flexibility index (Phi) is 2.81. The quantitative estimate of drug-likeness (QED) is 0.336. The number of pyridine rings is 3. The van der Waals surface area contributed by atoms with Gasteiger partial charge in [0.05, 0.1) is 5.56 Å². The summed E-state index contributed by atoms with van der Waals surface area (Å²) in [6.07, 6.45) is 6.17. The van der Waals surface area contributed by atoms with Crippen LogP contribution >= 0.6 is 0 Å². The van der Waals surface area contributed by atoms with E-state index in [2.05, 4.69) is 105 Å². The molecule has 0 N–H and O–H groups in total. The molecule has 0 bridgehead atoms. The van der Waals surface area contributed by atoms with Crippen molar-refractivity contribution in [1.29, 1.82) is 0 Å². The number of fused-ring (bicyclic) bond motifs is 14. The van der Waals surface area contributed by atoms with Gasteiger partial charge in [0.25, 0.3) is 0 Å². The van der Waals surface area contributed by atoms with Crippen molar-refractivity contribution in [3.05, 3.63) is 115 Å². The highest BCUT2D eigenvalue weighted by Gasteiger charge is 2.66. The lowest BCUT2D eigenvalue weighted by molar-refractivity contribution is -0.955. The summed E-state index contributed by atoms with van der Waals surface area (Å²) in [6, 6.07) is 30.1. The molecule has 0 saturated heterocycles. The molecule has 2 aliphatic rings. The van der Waals surface area contributed by atoms with Gasteiger partial charge in [-0.25, -0.2) is 4.98 Å². The maximum Gasteiger partial charge on any atom is 0.417 e. The molecule has 0 radical (unpaired) electrons. The molecule has 32 heavy (non-hydrogen) atoms. The van der Waals surface area contributed by atoms with E-state index >= 15 is 0 Å². The lowest BCUT2D eigenvalue weighted by atomic mass is 9.89. The second kappa shape index (κ2) is 5.48. The molecule has 0 saturated carbocycles. The van der Waals surface area contributed by atoms with E-state index in [4.69, 9.17) is 4.42 Å². The first-order valence-electron chi connectivity index (χ1n) is 10.8. The third kappa shape index (κ3) is 1.68. The number of aromatic nitrogens is 3. The standard InChI is InChI=1S/C28H17N3O/c1-2-10-21-20(8-1)23-11-3-5-16-30(23)28(21)22-14-13-18-19-9-7-15-29-27(19)32-26(18)25(22)24-12-4-6-17-31(24)28/h1-17H/q+2. The number of hydrogen-bond donors (Lipinski definition) is 0. The van der Waals surface area contributed by atoms with Crippen molar-refractivity contribution < 1.29 is 13.6 Å². The molecule has 0 aliphatic carbocycles. The van der Waals surface area contributed by atoms with Gasteiger partial charge in [0, 0.05) is 41.2 Å². The van der Waals surface area contributed by atoms with E-state index in [9.17, 15) is 0 Å². The molecule has 1 spiro atoms. The van der Waals surface area contributed by atoms with Crippen LogP contribution in [0.5, 0.6) is 0 Å². The fraction of sp³-hybridized carbons (Fsp3) is 0.0357. The summed E-state index contributed by atoms with van der Waals surface area (Å²) < 4.78 is 11.2. The minimum Gasteiger partial charge on any atom is -0.437 e. The van der Waals surface area contributed by atoms with Crippen LogP contribution in [0.15, 0.2) is 108 Å². The maximum atomic E-state index is 6.40. The molecule has 0 fully saturated rings. The van der Waals surface area contributed by atoms with E-state index in [1.54, 1.807) is 6.20 Å². The summed E-state index contributed by atoms with van der Waals surface area (Å²) in [6.45, 7) is 0. The van der Waals surface area contributed by atoms with Gasteiger partial charge in [0.15, 0.2) is 18.0 Å². The zero-order valence-corrected chi connectivity index (χ0v) is 17.1. The summed E-state index contributed by atoms with van der Waals surface area (Å²) >= 11 is 0. The van der Waals surface area contributed by atoms with Crippen LogP contribution in [0.25, 0.3) is 44.6 Å². The van der Waals surface area contributed by atoms with E-state index in [-0.39, 0.29) is 0 Å². The first-order valence-corrected chi connectivity index (χ1v) is 10.8. The molecule has 2 aliphatic heterocycles. The minimum absolute atomic E-state index is 0.500. The van der Waals surface area contributed by atoms with Gasteiger partial charge in [0.1, 0.15) is 16.7 Å². The molecule has 1 unspecified atom stereocenters. The van der Waals surface area contributed by atoms with Crippen molar-refractivity contribution in [1.82, 2.24) is 4.98 Å². The fourth-order valence-electron chi connectivity index (χ4n) is 5.88. The molecule has 4 heteroatoms. The van der Waals surface area contributed by atoms with Crippen LogP contribution in [-0.4, -0.2) is 4.98 Å². The number of hydrogen-bond acceptors (Lipinski definition) is 2. The third-order valence-electron chi connectivity index (χ3n) is 7.05. The topological polar surface area (TPSA) is 33.8 Å². The van der Waals surface area contributed by atoms with Gasteiger partial charge in [-0.2, -0.15) is 0 Å². The number of benzene rings is 2. The molecule has 4 nitrogen and oxygen atoms in total. The predicted molar refractivity (Wildman–Crippen MR) is 121 cm³/mol. The fourth-order valence-corrected chi connectivity index (χ4v) is 5.88. The Morgan fingerprint density at radius 2 is 1.44 bits per heavy atom. The van der Waals surface area contributed by atoms with Gasteiger partial charge in [-0.1, -0.05) is 12.1 Å². The van der Waals surface area contributed by atoms with Crippen LogP contribution in [0, 0.1) is 0 Å². The SMILES string of the molecule is c1ccc2c(c1)-c1cccc[n+]1C21c2ccc3c(oc4ncccc43)c2-c2cccc[n+]21. The Morgan fingerprint density at radius 3 is 2.34 bits per heavy atom. The van der Waals surface area contributed by atoms with Gasteiger partial charge in [-0.05, 0) is 48.5 Å². The smallest absolute Gasteiger partial charge is 0.417 e. The molecule has 8 rings (SSSR count).